The third-order valence-electron chi connectivity index (χ3n) is 4.87. The quantitative estimate of drug-likeness (QED) is 0.842. The molecule has 0 radical (unpaired) electrons. The number of rotatable bonds is 6. The van der Waals surface area contributed by atoms with E-state index in [-0.39, 0.29) is 11.9 Å². The number of aromatic nitrogens is 4. The summed E-state index contributed by atoms with van der Waals surface area (Å²) in [5, 5.41) is 15.7. The first-order valence-electron chi connectivity index (χ1n) is 8.89. The molecule has 2 atom stereocenters. The number of nitrogens with one attached hydrogen (secondary N) is 1. The zero-order valence-corrected chi connectivity index (χ0v) is 15.1. The van der Waals surface area contributed by atoms with E-state index in [1.54, 1.807) is 23.8 Å². The smallest absolute Gasteiger partial charge is 0.231 e. The summed E-state index contributed by atoms with van der Waals surface area (Å²) in [7, 11) is 1.57. The highest BCUT2D eigenvalue weighted by molar-refractivity contribution is 5.76. The van der Waals surface area contributed by atoms with Gasteiger partial charge in [0, 0.05) is 37.5 Å². The summed E-state index contributed by atoms with van der Waals surface area (Å²) >= 11 is 0. The monoisotopic (exact) mass is 346 g/mol. The third-order valence-corrected chi connectivity index (χ3v) is 4.87. The van der Waals surface area contributed by atoms with Crippen molar-refractivity contribution in [1.29, 1.82) is 0 Å². The first-order valence-corrected chi connectivity index (χ1v) is 8.89. The molecule has 1 fully saturated rings. The number of carbonyl (C=O) groups is 1. The molecule has 0 bridgehead atoms. The van der Waals surface area contributed by atoms with E-state index in [0.29, 0.717) is 36.2 Å². The highest BCUT2D eigenvalue weighted by Crippen LogP contribution is 2.17. The average molecular weight is 346 g/mol. The van der Waals surface area contributed by atoms with Gasteiger partial charge in [-0.2, -0.15) is 4.52 Å². The number of aryl methyl sites for hydroxylation is 1. The maximum atomic E-state index is 12.3. The van der Waals surface area contributed by atoms with E-state index in [9.17, 15) is 4.79 Å². The zero-order valence-electron chi connectivity index (χ0n) is 15.1. The van der Waals surface area contributed by atoms with Gasteiger partial charge in [0.15, 0.2) is 11.5 Å². The normalized spacial score (nSPS) is 21.4. The zero-order chi connectivity index (χ0) is 17.8. The Balaban J connectivity index is 1.54. The summed E-state index contributed by atoms with van der Waals surface area (Å²) in [5.41, 5.74) is 0.650. The molecule has 8 heteroatoms. The van der Waals surface area contributed by atoms with Crippen molar-refractivity contribution in [1.82, 2.24) is 30.0 Å². The molecular formula is C17H26N6O2. The summed E-state index contributed by atoms with van der Waals surface area (Å²) in [6, 6.07) is 4.31. The van der Waals surface area contributed by atoms with E-state index < -0.39 is 0 Å². The van der Waals surface area contributed by atoms with Crippen LogP contribution in [0.25, 0.3) is 5.65 Å². The highest BCUT2D eigenvalue weighted by Gasteiger charge is 2.25. The fraction of sp³-hybridized carbons (Fsp3) is 0.647. The molecule has 1 aliphatic rings. The van der Waals surface area contributed by atoms with E-state index in [1.807, 2.05) is 0 Å². The number of hydrogen-bond donors (Lipinski definition) is 1. The van der Waals surface area contributed by atoms with Crippen molar-refractivity contribution in [3.05, 3.63) is 18.0 Å². The van der Waals surface area contributed by atoms with Crippen LogP contribution in [0, 0.1) is 0 Å². The predicted octanol–water partition coefficient (Wildman–Crippen LogP) is 1.05. The Morgan fingerprint density at radius 3 is 2.96 bits per heavy atom. The SMILES string of the molecule is CCN1CCC(NC(=O)CCc2nnc3ccc(OC)nn23)CC1C. The standard InChI is InChI=1S/C17H26N6O2/c1-4-22-10-9-13(11-12(22)2)18-16(24)7-5-14-19-20-15-6-8-17(25-3)21-23(14)15/h6,8,12-13H,4-5,7,9-11H2,1-3H3,(H,18,24). The summed E-state index contributed by atoms with van der Waals surface area (Å²) in [6.45, 7) is 6.52. The van der Waals surface area contributed by atoms with Crippen LogP contribution in [0.4, 0.5) is 0 Å². The maximum Gasteiger partial charge on any atom is 0.231 e. The van der Waals surface area contributed by atoms with Crippen LogP contribution in [0.3, 0.4) is 0 Å². The number of nitrogens with zero attached hydrogens (tertiary/aromatic N) is 5. The molecule has 1 amide bonds. The average Bonchev–Trinajstić information content (AvgIpc) is 3.02. The Morgan fingerprint density at radius 2 is 2.24 bits per heavy atom. The molecule has 8 nitrogen and oxygen atoms in total. The van der Waals surface area contributed by atoms with Gasteiger partial charge in [0.2, 0.25) is 11.8 Å². The van der Waals surface area contributed by atoms with Gasteiger partial charge in [0.1, 0.15) is 0 Å². The molecule has 2 unspecified atom stereocenters. The van der Waals surface area contributed by atoms with Crippen molar-refractivity contribution < 1.29 is 9.53 Å². The molecule has 0 saturated carbocycles. The maximum absolute atomic E-state index is 12.3. The fourth-order valence-electron chi connectivity index (χ4n) is 3.43. The summed E-state index contributed by atoms with van der Waals surface area (Å²) < 4.78 is 6.76. The Morgan fingerprint density at radius 1 is 1.40 bits per heavy atom. The topological polar surface area (TPSA) is 84.7 Å². The lowest BCUT2D eigenvalue weighted by Gasteiger charge is -2.37. The Bertz CT molecular complexity index is 731. The third kappa shape index (κ3) is 4.07. The molecule has 2 aromatic rings. The van der Waals surface area contributed by atoms with Gasteiger partial charge >= 0.3 is 0 Å². The molecule has 0 aromatic carbocycles. The van der Waals surface area contributed by atoms with Crippen LogP contribution in [0.1, 0.15) is 38.9 Å². The van der Waals surface area contributed by atoms with Gasteiger partial charge in [0.25, 0.3) is 0 Å². The predicted molar refractivity (Wildman–Crippen MR) is 93.5 cm³/mol. The van der Waals surface area contributed by atoms with Gasteiger partial charge in [-0.15, -0.1) is 15.3 Å². The number of likely N-dealkylation sites (tertiary alicyclic amines) is 1. The van der Waals surface area contributed by atoms with Gasteiger partial charge < -0.3 is 15.0 Å². The molecule has 0 spiro atoms. The second kappa shape index (κ2) is 7.77. The van der Waals surface area contributed by atoms with E-state index >= 15 is 0 Å². The lowest BCUT2D eigenvalue weighted by Crippen LogP contribution is -2.48. The molecule has 1 N–H and O–H groups in total. The molecule has 3 heterocycles. The molecule has 2 aromatic heterocycles. The number of hydrogen-bond acceptors (Lipinski definition) is 6. The van der Waals surface area contributed by atoms with E-state index in [0.717, 1.165) is 25.9 Å². The summed E-state index contributed by atoms with van der Waals surface area (Å²) in [5.74, 6) is 1.22. The molecule has 1 saturated heterocycles. The van der Waals surface area contributed by atoms with Gasteiger partial charge in [-0.3, -0.25) is 4.79 Å². The second-order valence-corrected chi connectivity index (χ2v) is 6.53. The van der Waals surface area contributed by atoms with Gasteiger partial charge in [0.05, 0.1) is 7.11 Å². The van der Waals surface area contributed by atoms with Gasteiger partial charge in [-0.1, -0.05) is 6.92 Å². The largest absolute Gasteiger partial charge is 0.480 e. The number of methoxy groups -OCH3 is 1. The first-order chi connectivity index (χ1) is 12.1. The van der Waals surface area contributed by atoms with Crippen LogP contribution in [-0.2, 0) is 11.2 Å². The van der Waals surface area contributed by atoms with E-state index in [1.165, 1.54) is 0 Å². The van der Waals surface area contributed by atoms with E-state index in [2.05, 4.69) is 39.4 Å². The van der Waals surface area contributed by atoms with E-state index in [4.69, 9.17) is 4.74 Å². The minimum Gasteiger partial charge on any atom is -0.480 e. The number of carbonyl (C=O) groups excluding carboxylic acids is 1. The molecule has 136 valence electrons. The molecule has 1 aliphatic heterocycles. The second-order valence-electron chi connectivity index (χ2n) is 6.53. The van der Waals surface area contributed by atoms with Crippen molar-refractivity contribution in [2.45, 2.75) is 51.6 Å². The number of ether oxygens (including phenoxy) is 1. The lowest BCUT2D eigenvalue weighted by molar-refractivity contribution is -0.122. The minimum atomic E-state index is 0.0572. The number of piperidine rings is 1. The van der Waals surface area contributed by atoms with Crippen molar-refractivity contribution in [3.63, 3.8) is 0 Å². The first kappa shape index (κ1) is 17.6. The van der Waals surface area contributed by atoms with Crippen molar-refractivity contribution in [2.75, 3.05) is 20.2 Å². The number of fused-ring (bicyclic) bond motifs is 1. The fourth-order valence-corrected chi connectivity index (χ4v) is 3.43. The van der Waals surface area contributed by atoms with Crippen molar-refractivity contribution >= 4 is 11.6 Å². The van der Waals surface area contributed by atoms with Crippen LogP contribution in [0.2, 0.25) is 0 Å². The summed E-state index contributed by atoms with van der Waals surface area (Å²) in [6.07, 6.45) is 2.89. The lowest BCUT2D eigenvalue weighted by atomic mass is 9.98. The summed E-state index contributed by atoms with van der Waals surface area (Å²) in [4.78, 5) is 14.7. The van der Waals surface area contributed by atoms with Crippen LogP contribution < -0.4 is 10.1 Å². The molecule has 25 heavy (non-hydrogen) atoms. The minimum absolute atomic E-state index is 0.0572. The molecule has 3 rings (SSSR count). The van der Waals surface area contributed by atoms with Crippen LogP contribution >= 0.6 is 0 Å². The Hall–Kier alpha value is -2.22. The Kier molecular flexibility index (Phi) is 5.47. The van der Waals surface area contributed by atoms with Crippen molar-refractivity contribution in [3.8, 4) is 5.88 Å². The molecule has 0 aliphatic carbocycles. The Labute approximate surface area is 147 Å². The highest BCUT2D eigenvalue weighted by atomic mass is 16.5. The van der Waals surface area contributed by atoms with Crippen LogP contribution in [-0.4, -0.2) is 62.9 Å². The van der Waals surface area contributed by atoms with Crippen LogP contribution in [0.5, 0.6) is 5.88 Å². The molecular weight excluding hydrogens is 320 g/mol. The van der Waals surface area contributed by atoms with Gasteiger partial charge in [-0.25, -0.2) is 0 Å². The van der Waals surface area contributed by atoms with Crippen molar-refractivity contribution in [2.24, 2.45) is 0 Å². The van der Waals surface area contributed by atoms with Gasteiger partial charge in [-0.05, 0) is 32.4 Å². The number of amides is 1. The van der Waals surface area contributed by atoms with Crippen LogP contribution in [0.15, 0.2) is 12.1 Å².